The molecule has 16 heavy (non-hydrogen) atoms. The van der Waals surface area contributed by atoms with Crippen LogP contribution in [0.1, 0.15) is 11.5 Å². The van der Waals surface area contributed by atoms with E-state index in [1.807, 2.05) is 17.7 Å². The Balaban J connectivity index is 2.37. The molecule has 0 aliphatic carbocycles. The topological polar surface area (TPSA) is 47.3 Å². The second-order valence-electron chi connectivity index (χ2n) is 5.27. The van der Waals surface area contributed by atoms with E-state index in [1.54, 1.807) is 0 Å². The first-order chi connectivity index (χ1) is 7.42. The number of ether oxygens (including phenoxy) is 1. The molecular formula is C11H22N2O2Si. The Morgan fingerprint density at radius 3 is 2.69 bits per heavy atom. The number of hydrogen-bond donors (Lipinski definition) is 1. The largest absolute Gasteiger partial charge is 0.388 e. The van der Waals surface area contributed by atoms with Gasteiger partial charge in [-0.1, -0.05) is 19.6 Å². The lowest BCUT2D eigenvalue weighted by Crippen LogP contribution is -2.22. The maximum absolute atomic E-state index is 9.09. The summed E-state index contributed by atoms with van der Waals surface area (Å²) in [6, 6.07) is 1.16. The minimum atomic E-state index is -1.01. The highest BCUT2D eigenvalue weighted by molar-refractivity contribution is 6.76. The van der Waals surface area contributed by atoms with E-state index in [0.29, 0.717) is 12.6 Å². The van der Waals surface area contributed by atoms with Gasteiger partial charge in [-0.05, 0) is 13.0 Å². The second kappa shape index (κ2) is 5.61. The smallest absolute Gasteiger partial charge is 0.136 e. The van der Waals surface area contributed by atoms with Gasteiger partial charge in [0, 0.05) is 20.9 Å². The van der Waals surface area contributed by atoms with Crippen molar-refractivity contribution in [2.75, 3.05) is 6.61 Å². The van der Waals surface area contributed by atoms with E-state index in [1.165, 1.54) is 0 Å². The Morgan fingerprint density at radius 1 is 1.44 bits per heavy atom. The summed E-state index contributed by atoms with van der Waals surface area (Å²) in [6.07, 6.45) is 1.90. The van der Waals surface area contributed by atoms with Crippen molar-refractivity contribution in [3.8, 4) is 0 Å². The molecule has 0 saturated carbocycles. The number of hydrogen-bond acceptors (Lipinski definition) is 3. The average molecular weight is 242 g/mol. The monoisotopic (exact) mass is 242 g/mol. The maximum atomic E-state index is 9.09. The fourth-order valence-electron chi connectivity index (χ4n) is 1.38. The molecule has 1 heterocycles. The van der Waals surface area contributed by atoms with Crippen LogP contribution in [0.25, 0.3) is 0 Å². The minimum Gasteiger partial charge on any atom is -0.388 e. The van der Waals surface area contributed by atoms with Gasteiger partial charge in [0.1, 0.15) is 19.2 Å². The number of imidazole rings is 1. The molecular weight excluding hydrogens is 220 g/mol. The lowest BCUT2D eigenvalue weighted by molar-refractivity contribution is 0.0817. The summed E-state index contributed by atoms with van der Waals surface area (Å²) in [6.45, 7) is 10.1. The van der Waals surface area contributed by atoms with E-state index in [2.05, 4.69) is 24.6 Å². The molecule has 0 fully saturated rings. The number of aliphatic hydroxyl groups excluding tert-OH is 1. The van der Waals surface area contributed by atoms with Crippen LogP contribution in [-0.2, 0) is 18.1 Å². The van der Waals surface area contributed by atoms with Crippen LogP contribution in [0.4, 0.5) is 0 Å². The van der Waals surface area contributed by atoms with Gasteiger partial charge in [0.25, 0.3) is 0 Å². The molecule has 1 aromatic rings. The molecule has 0 aliphatic heterocycles. The predicted molar refractivity (Wildman–Crippen MR) is 67.0 cm³/mol. The molecule has 1 rings (SSSR count). The third-order valence-electron chi connectivity index (χ3n) is 2.35. The van der Waals surface area contributed by atoms with Crippen molar-refractivity contribution >= 4 is 8.07 Å². The Morgan fingerprint density at radius 2 is 2.12 bits per heavy atom. The summed E-state index contributed by atoms with van der Waals surface area (Å²) in [7, 11) is -1.01. The molecule has 0 unspecified atom stereocenters. The molecule has 0 amide bonds. The Hall–Kier alpha value is -0.653. The maximum Gasteiger partial charge on any atom is 0.136 e. The molecule has 0 radical (unpaired) electrons. The van der Waals surface area contributed by atoms with Gasteiger partial charge >= 0.3 is 0 Å². The van der Waals surface area contributed by atoms with Gasteiger partial charge in [0.2, 0.25) is 0 Å². The highest BCUT2D eigenvalue weighted by atomic mass is 28.3. The predicted octanol–water partition coefficient (Wildman–Crippen LogP) is 2.00. The number of aryl methyl sites for hydroxylation is 1. The van der Waals surface area contributed by atoms with Gasteiger partial charge in [0.05, 0.1) is 5.69 Å². The van der Waals surface area contributed by atoms with Crippen molar-refractivity contribution < 1.29 is 9.84 Å². The van der Waals surface area contributed by atoms with Crippen molar-refractivity contribution in [1.29, 1.82) is 0 Å². The van der Waals surface area contributed by atoms with Crippen LogP contribution in [0.2, 0.25) is 25.7 Å². The summed E-state index contributed by atoms with van der Waals surface area (Å²) in [5.41, 5.74) is 0.915. The van der Waals surface area contributed by atoms with Gasteiger partial charge in [-0.3, -0.25) is 0 Å². The summed E-state index contributed by atoms with van der Waals surface area (Å²) in [5.74, 6) is 0.672. The molecule has 4 nitrogen and oxygen atoms in total. The summed E-state index contributed by atoms with van der Waals surface area (Å²) in [5, 5.41) is 9.09. The molecule has 0 aromatic carbocycles. The highest BCUT2D eigenvalue weighted by Crippen LogP contribution is 2.08. The molecule has 1 N–H and O–H groups in total. The molecule has 0 spiro atoms. The van der Waals surface area contributed by atoms with Gasteiger partial charge in [0.15, 0.2) is 0 Å². The van der Waals surface area contributed by atoms with E-state index in [9.17, 15) is 0 Å². The highest BCUT2D eigenvalue weighted by Gasteiger charge is 2.12. The summed E-state index contributed by atoms with van der Waals surface area (Å²) in [4.78, 5) is 4.20. The zero-order valence-electron chi connectivity index (χ0n) is 10.7. The number of rotatable bonds is 6. The van der Waals surface area contributed by atoms with Crippen LogP contribution >= 0.6 is 0 Å². The third kappa shape index (κ3) is 4.47. The van der Waals surface area contributed by atoms with Crippen molar-refractivity contribution in [3.63, 3.8) is 0 Å². The first kappa shape index (κ1) is 13.4. The Kier molecular flexibility index (Phi) is 4.70. The minimum absolute atomic E-state index is 0.0365. The Labute approximate surface area is 98.3 Å². The molecule has 0 bridgehead atoms. The molecule has 1 aromatic heterocycles. The van der Waals surface area contributed by atoms with E-state index in [-0.39, 0.29) is 6.61 Å². The normalized spacial score (nSPS) is 12.1. The quantitative estimate of drug-likeness (QED) is 0.613. The number of aliphatic hydroxyl groups is 1. The number of nitrogens with zero attached hydrogens (tertiary/aromatic N) is 2. The zero-order chi connectivity index (χ0) is 12.2. The number of aromatic nitrogens is 2. The SMILES string of the molecule is Cc1cn(COCC[Si](C)(C)C)c(CO)n1. The van der Waals surface area contributed by atoms with E-state index in [0.717, 1.165) is 18.3 Å². The van der Waals surface area contributed by atoms with Gasteiger partial charge in [-0.25, -0.2) is 4.98 Å². The third-order valence-corrected chi connectivity index (χ3v) is 4.05. The molecule has 0 aliphatic rings. The van der Waals surface area contributed by atoms with Crippen LogP contribution in [0, 0.1) is 6.92 Å². The molecule has 0 atom stereocenters. The zero-order valence-corrected chi connectivity index (χ0v) is 11.7. The van der Waals surface area contributed by atoms with Crippen molar-refractivity contribution in [3.05, 3.63) is 17.7 Å². The van der Waals surface area contributed by atoms with Crippen LogP contribution in [0.3, 0.4) is 0 Å². The molecule has 5 heteroatoms. The second-order valence-corrected chi connectivity index (χ2v) is 10.9. The van der Waals surface area contributed by atoms with Crippen molar-refractivity contribution in [2.24, 2.45) is 0 Å². The fourth-order valence-corrected chi connectivity index (χ4v) is 2.13. The first-order valence-corrected chi connectivity index (χ1v) is 9.34. The average Bonchev–Trinajstić information content (AvgIpc) is 2.52. The van der Waals surface area contributed by atoms with Crippen LogP contribution < -0.4 is 0 Å². The van der Waals surface area contributed by atoms with E-state index < -0.39 is 8.07 Å². The van der Waals surface area contributed by atoms with Gasteiger partial charge in [-0.2, -0.15) is 0 Å². The first-order valence-electron chi connectivity index (χ1n) is 5.63. The summed E-state index contributed by atoms with van der Waals surface area (Å²) < 4.78 is 7.46. The van der Waals surface area contributed by atoms with Crippen LogP contribution in [-0.4, -0.2) is 29.3 Å². The molecule has 92 valence electrons. The van der Waals surface area contributed by atoms with Crippen molar-refractivity contribution in [2.45, 2.75) is 45.9 Å². The van der Waals surface area contributed by atoms with Crippen LogP contribution in [0.15, 0.2) is 6.20 Å². The van der Waals surface area contributed by atoms with Crippen LogP contribution in [0.5, 0.6) is 0 Å². The molecule has 0 saturated heterocycles. The van der Waals surface area contributed by atoms with Gasteiger partial charge < -0.3 is 14.4 Å². The van der Waals surface area contributed by atoms with E-state index in [4.69, 9.17) is 9.84 Å². The lowest BCUT2D eigenvalue weighted by atomic mass is 10.6. The van der Waals surface area contributed by atoms with Gasteiger partial charge in [-0.15, -0.1) is 0 Å². The fraction of sp³-hybridized carbons (Fsp3) is 0.727. The standard InChI is InChI=1S/C11H22N2O2Si/c1-10-7-13(11(8-14)12-10)9-15-5-6-16(2,3)4/h7,14H,5-6,8-9H2,1-4H3. The lowest BCUT2D eigenvalue weighted by Gasteiger charge is -2.15. The van der Waals surface area contributed by atoms with E-state index >= 15 is 0 Å². The Bertz CT molecular complexity index is 331. The summed E-state index contributed by atoms with van der Waals surface area (Å²) >= 11 is 0. The van der Waals surface area contributed by atoms with Crippen molar-refractivity contribution in [1.82, 2.24) is 9.55 Å².